The summed E-state index contributed by atoms with van der Waals surface area (Å²) in [6.07, 6.45) is 4.27. The summed E-state index contributed by atoms with van der Waals surface area (Å²) in [6.45, 7) is 2.15. The van der Waals surface area contributed by atoms with Crippen LogP contribution in [0.25, 0.3) is 0 Å². The molecule has 0 aliphatic heterocycles. The van der Waals surface area contributed by atoms with E-state index in [0.29, 0.717) is 12.3 Å². The molecule has 0 amide bonds. The van der Waals surface area contributed by atoms with Crippen molar-refractivity contribution in [1.29, 1.82) is 0 Å². The van der Waals surface area contributed by atoms with Crippen molar-refractivity contribution in [2.75, 3.05) is 0 Å². The predicted octanol–water partition coefficient (Wildman–Crippen LogP) is 1.37. The van der Waals surface area contributed by atoms with Gasteiger partial charge in [-0.3, -0.25) is 0 Å². The molecule has 0 heterocycles. The highest BCUT2D eigenvalue weighted by atomic mass is 16.3. The second kappa shape index (κ2) is 3.86. The molecular weight excluding hydrogens is 140 g/mol. The van der Waals surface area contributed by atoms with E-state index in [-0.39, 0.29) is 12.0 Å². The van der Waals surface area contributed by atoms with Gasteiger partial charge >= 0.3 is 0 Å². The number of hydrogen-bond donors (Lipinski definition) is 1. The third kappa shape index (κ3) is 2.29. The summed E-state index contributed by atoms with van der Waals surface area (Å²) < 4.78 is 0. The highest BCUT2D eigenvalue weighted by Crippen LogP contribution is 2.29. The molecule has 2 nitrogen and oxygen atoms in total. The van der Waals surface area contributed by atoms with Gasteiger partial charge in [0, 0.05) is 6.42 Å². The Balaban J connectivity index is 2.37. The van der Waals surface area contributed by atoms with Crippen molar-refractivity contribution in [2.45, 2.75) is 38.7 Å². The number of aliphatic hydroxyl groups is 1. The third-order valence-electron chi connectivity index (χ3n) is 2.62. The first-order valence-electron chi connectivity index (χ1n) is 4.35. The summed E-state index contributed by atoms with van der Waals surface area (Å²) in [5, 5.41) is 9.51. The van der Waals surface area contributed by atoms with Gasteiger partial charge in [0.2, 0.25) is 0 Å². The molecule has 1 aliphatic carbocycles. The molecular formula is C9H16O2. The summed E-state index contributed by atoms with van der Waals surface area (Å²) >= 11 is 0. The Morgan fingerprint density at radius 1 is 1.55 bits per heavy atom. The lowest BCUT2D eigenvalue weighted by atomic mass is 9.79. The normalized spacial score (nSPS) is 38.5. The van der Waals surface area contributed by atoms with Gasteiger partial charge in [0.25, 0.3) is 0 Å². The molecule has 1 aliphatic rings. The Kier molecular flexibility index (Phi) is 3.06. The molecule has 3 atom stereocenters. The number of aliphatic hydroxyl groups excluding tert-OH is 1. The van der Waals surface area contributed by atoms with E-state index in [0.717, 1.165) is 25.5 Å². The van der Waals surface area contributed by atoms with E-state index in [1.54, 1.807) is 0 Å². The summed E-state index contributed by atoms with van der Waals surface area (Å²) in [5.74, 6) is 0.872. The maximum absolute atomic E-state index is 10.2. The minimum atomic E-state index is -0.232. The van der Waals surface area contributed by atoms with E-state index in [9.17, 15) is 9.90 Å². The molecule has 3 unspecified atom stereocenters. The highest BCUT2D eigenvalue weighted by Gasteiger charge is 2.26. The fourth-order valence-electron chi connectivity index (χ4n) is 1.81. The van der Waals surface area contributed by atoms with Gasteiger partial charge in [-0.25, -0.2) is 0 Å². The summed E-state index contributed by atoms with van der Waals surface area (Å²) in [4.78, 5) is 10.2. The zero-order chi connectivity index (χ0) is 8.27. The van der Waals surface area contributed by atoms with Crippen molar-refractivity contribution < 1.29 is 9.90 Å². The lowest BCUT2D eigenvalue weighted by molar-refractivity contribution is -0.110. The maximum atomic E-state index is 10.2. The van der Waals surface area contributed by atoms with Gasteiger partial charge in [0.05, 0.1) is 6.10 Å². The first kappa shape index (κ1) is 8.72. The van der Waals surface area contributed by atoms with Crippen LogP contribution in [-0.4, -0.2) is 17.5 Å². The van der Waals surface area contributed by atoms with Crippen molar-refractivity contribution in [3.8, 4) is 0 Å². The van der Waals surface area contributed by atoms with Crippen molar-refractivity contribution in [1.82, 2.24) is 0 Å². The molecule has 11 heavy (non-hydrogen) atoms. The maximum Gasteiger partial charge on any atom is 0.120 e. The van der Waals surface area contributed by atoms with Gasteiger partial charge in [-0.15, -0.1) is 0 Å². The molecule has 1 fully saturated rings. The molecule has 0 spiro atoms. The molecule has 64 valence electrons. The molecule has 0 radical (unpaired) electrons. The molecule has 0 aromatic carbocycles. The van der Waals surface area contributed by atoms with Gasteiger partial charge in [-0.1, -0.05) is 13.3 Å². The van der Waals surface area contributed by atoms with Gasteiger partial charge in [0.15, 0.2) is 0 Å². The van der Waals surface area contributed by atoms with E-state index >= 15 is 0 Å². The van der Waals surface area contributed by atoms with E-state index in [1.165, 1.54) is 0 Å². The van der Waals surface area contributed by atoms with Crippen LogP contribution in [0.15, 0.2) is 0 Å². The van der Waals surface area contributed by atoms with Crippen molar-refractivity contribution >= 4 is 6.29 Å². The van der Waals surface area contributed by atoms with Crippen LogP contribution in [0.3, 0.4) is 0 Å². The molecule has 1 N–H and O–H groups in total. The smallest absolute Gasteiger partial charge is 0.120 e. The second-order valence-corrected chi connectivity index (χ2v) is 3.65. The van der Waals surface area contributed by atoms with E-state index in [1.807, 2.05) is 0 Å². The summed E-state index contributed by atoms with van der Waals surface area (Å²) in [6, 6.07) is 0. The minimum absolute atomic E-state index is 0.232. The monoisotopic (exact) mass is 156 g/mol. The Labute approximate surface area is 67.6 Å². The van der Waals surface area contributed by atoms with Crippen molar-refractivity contribution in [2.24, 2.45) is 11.8 Å². The fourth-order valence-corrected chi connectivity index (χ4v) is 1.81. The van der Waals surface area contributed by atoms with Gasteiger partial charge in [-0.2, -0.15) is 0 Å². The van der Waals surface area contributed by atoms with Crippen molar-refractivity contribution in [3.05, 3.63) is 0 Å². The number of rotatable bonds is 2. The van der Waals surface area contributed by atoms with Gasteiger partial charge < -0.3 is 9.90 Å². The Morgan fingerprint density at radius 3 is 2.82 bits per heavy atom. The average Bonchev–Trinajstić information content (AvgIpc) is 1.95. The minimum Gasteiger partial charge on any atom is -0.393 e. The first-order chi connectivity index (χ1) is 5.24. The van der Waals surface area contributed by atoms with Crippen LogP contribution in [0.5, 0.6) is 0 Å². The van der Waals surface area contributed by atoms with Crippen LogP contribution in [-0.2, 0) is 4.79 Å². The number of carbonyl (C=O) groups excluding carboxylic acids is 1. The van der Waals surface area contributed by atoms with Crippen LogP contribution in [0.2, 0.25) is 0 Å². The molecule has 0 saturated heterocycles. The second-order valence-electron chi connectivity index (χ2n) is 3.65. The highest BCUT2D eigenvalue weighted by molar-refractivity contribution is 5.49. The van der Waals surface area contributed by atoms with Crippen LogP contribution in [0.1, 0.15) is 32.6 Å². The van der Waals surface area contributed by atoms with Gasteiger partial charge in [-0.05, 0) is 24.7 Å². The molecule has 0 aromatic rings. The standard InChI is InChI=1S/C9H16O2/c1-7-2-3-8(4-5-10)9(11)6-7/h5,7-9,11H,2-4,6H2,1H3. The molecule has 1 rings (SSSR count). The number of carbonyl (C=O) groups is 1. The molecule has 1 saturated carbocycles. The predicted molar refractivity (Wildman–Crippen MR) is 43.2 cm³/mol. The fraction of sp³-hybridized carbons (Fsp3) is 0.889. The Hall–Kier alpha value is -0.370. The SMILES string of the molecule is CC1CCC(CC=O)C(O)C1. The first-order valence-corrected chi connectivity index (χ1v) is 4.35. The van der Waals surface area contributed by atoms with Gasteiger partial charge in [0.1, 0.15) is 6.29 Å². The van der Waals surface area contributed by atoms with E-state index in [2.05, 4.69) is 6.92 Å². The van der Waals surface area contributed by atoms with E-state index < -0.39 is 0 Å². The quantitative estimate of drug-likeness (QED) is 0.613. The van der Waals surface area contributed by atoms with Crippen LogP contribution in [0.4, 0.5) is 0 Å². The Morgan fingerprint density at radius 2 is 2.27 bits per heavy atom. The average molecular weight is 156 g/mol. The van der Waals surface area contributed by atoms with Crippen LogP contribution >= 0.6 is 0 Å². The summed E-state index contributed by atoms with van der Waals surface area (Å²) in [7, 11) is 0. The molecule has 0 aromatic heterocycles. The molecule has 0 bridgehead atoms. The largest absolute Gasteiger partial charge is 0.393 e. The van der Waals surface area contributed by atoms with Crippen LogP contribution in [0, 0.1) is 11.8 Å². The lowest BCUT2D eigenvalue weighted by Gasteiger charge is -2.30. The number of aldehydes is 1. The number of hydrogen-bond acceptors (Lipinski definition) is 2. The zero-order valence-electron chi connectivity index (χ0n) is 6.99. The molecule has 2 heteroatoms. The zero-order valence-corrected chi connectivity index (χ0v) is 6.99. The van der Waals surface area contributed by atoms with Crippen molar-refractivity contribution in [3.63, 3.8) is 0 Å². The Bertz CT molecular complexity index is 134. The van der Waals surface area contributed by atoms with E-state index in [4.69, 9.17) is 0 Å². The van der Waals surface area contributed by atoms with Crippen LogP contribution < -0.4 is 0 Å². The third-order valence-corrected chi connectivity index (χ3v) is 2.62. The lowest BCUT2D eigenvalue weighted by Crippen LogP contribution is -2.28. The topological polar surface area (TPSA) is 37.3 Å². The summed E-state index contributed by atoms with van der Waals surface area (Å²) in [5.41, 5.74) is 0.